The molecule has 5 nitrogen and oxygen atoms in total. The zero-order chi connectivity index (χ0) is 15.2. The van der Waals surface area contributed by atoms with E-state index in [0.717, 1.165) is 26.2 Å². The molecule has 0 saturated carbocycles. The van der Waals surface area contributed by atoms with Crippen LogP contribution in [-0.4, -0.2) is 72.9 Å². The molecule has 1 aliphatic rings. The molecule has 1 fully saturated rings. The predicted octanol–water partition coefficient (Wildman–Crippen LogP) is 0.964. The fourth-order valence-electron chi connectivity index (χ4n) is 2.16. The minimum atomic E-state index is -0.331. The Morgan fingerprint density at radius 3 is 2.35 bits per heavy atom. The van der Waals surface area contributed by atoms with Crippen molar-refractivity contribution in [3.63, 3.8) is 0 Å². The third kappa shape index (κ3) is 5.77. The number of β-amino-alcohol motifs (C(OH)–C–C–N with tert-alkyl or cyclic N) is 1. The standard InChI is InChI=1S/C15H30N2O3/c1-5-20-11-6-14(19)17-9-7-16(8-10-17)12-13(18)15(2,3)4/h13,18H,5-12H2,1-4H3/t13-/m0/s1. The van der Waals surface area contributed by atoms with Crippen LogP contribution in [0.25, 0.3) is 0 Å². The average Bonchev–Trinajstić information content (AvgIpc) is 2.38. The molecule has 0 unspecified atom stereocenters. The molecule has 0 aromatic heterocycles. The van der Waals surface area contributed by atoms with Gasteiger partial charge in [-0.3, -0.25) is 9.69 Å². The van der Waals surface area contributed by atoms with Crippen molar-refractivity contribution < 1.29 is 14.6 Å². The van der Waals surface area contributed by atoms with Gasteiger partial charge in [0.2, 0.25) is 5.91 Å². The lowest BCUT2D eigenvalue weighted by molar-refractivity contribution is -0.134. The number of amides is 1. The zero-order valence-corrected chi connectivity index (χ0v) is 13.4. The van der Waals surface area contributed by atoms with Crippen molar-refractivity contribution >= 4 is 5.91 Å². The van der Waals surface area contributed by atoms with Crippen LogP contribution >= 0.6 is 0 Å². The smallest absolute Gasteiger partial charge is 0.224 e. The van der Waals surface area contributed by atoms with Crippen molar-refractivity contribution in [2.45, 2.75) is 40.2 Å². The first kappa shape index (κ1) is 17.4. The van der Waals surface area contributed by atoms with Gasteiger partial charge in [-0.05, 0) is 12.3 Å². The molecular weight excluding hydrogens is 256 g/mol. The molecule has 0 spiro atoms. The molecular formula is C15H30N2O3. The summed E-state index contributed by atoms with van der Waals surface area (Å²) in [5, 5.41) is 10.1. The Bertz CT molecular complexity index is 294. The molecule has 118 valence electrons. The second-order valence-electron chi connectivity index (χ2n) is 6.51. The van der Waals surface area contributed by atoms with Crippen LogP contribution in [0.15, 0.2) is 0 Å². The molecule has 1 amide bonds. The van der Waals surface area contributed by atoms with Crippen LogP contribution in [0.2, 0.25) is 0 Å². The van der Waals surface area contributed by atoms with E-state index in [-0.39, 0.29) is 17.4 Å². The predicted molar refractivity (Wildman–Crippen MR) is 79.6 cm³/mol. The molecule has 5 heteroatoms. The summed E-state index contributed by atoms with van der Waals surface area (Å²) in [6.45, 7) is 13.1. The van der Waals surface area contributed by atoms with Gasteiger partial charge in [0.25, 0.3) is 0 Å². The number of carbonyl (C=O) groups excluding carboxylic acids is 1. The highest BCUT2D eigenvalue weighted by Crippen LogP contribution is 2.20. The molecule has 1 atom stereocenters. The highest BCUT2D eigenvalue weighted by atomic mass is 16.5. The maximum atomic E-state index is 11.9. The fraction of sp³-hybridized carbons (Fsp3) is 0.933. The van der Waals surface area contributed by atoms with E-state index >= 15 is 0 Å². The number of ether oxygens (including phenoxy) is 1. The number of piperazine rings is 1. The molecule has 0 radical (unpaired) electrons. The Morgan fingerprint density at radius 1 is 1.25 bits per heavy atom. The first-order valence-corrected chi connectivity index (χ1v) is 7.60. The maximum Gasteiger partial charge on any atom is 0.224 e. The molecule has 0 aromatic carbocycles. The molecule has 0 bridgehead atoms. The van der Waals surface area contributed by atoms with Crippen molar-refractivity contribution in [2.24, 2.45) is 5.41 Å². The molecule has 1 saturated heterocycles. The van der Waals surface area contributed by atoms with E-state index in [1.165, 1.54) is 0 Å². The number of carbonyl (C=O) groups is 1. The van der Waals surface area contributed by atoms with E-state index in [4.69, 9.17) is 4.74 Å². The van der Waals surface area contributed by atoms with Gasteiger partial charge in [-0.2, -0.15) is 0 Å². The lowest BCUT2D eigenvalue weighted by Gasteiger charge is -2.38. The minimum absolute atomic E-state index is 0.0928. The van der Waals surface area contributed by atoms with Gasteiger partial charge in [-0.25, -0.2) is 0 Å². The number of rotatable bonds is 6. The van der Waals surface area contributed by atoms with Crippen molar-refractivity contribution in [3.8, 4) is 0 Å². The van der Waals surface area contributed by atoms with Crippen molar-refractivity contribution in [2.75, 3.05) is 45.9 Å². The lowest BCUT2D eigenvalue weighted by Crippen LogP contribution is -2.51. The Hall–Kier alpha value is -0.650. The largest absolute Gasteiger partial charge is 0.391 e. The van der Waals surface area contributed by atoms with Gasteiger partial charge in [-0.1, -0.05) is 20.8 Å². The van der Waals surface area contributed by atoms with Crippen LogP contribution in [0.3, 0.4) is 0 Å². The molecule has 20 heavy (non-hydrogen) atoms. The van der Waals surface area contributed by atoms with Gasteiger partial charge in [0.15, 0.2) is 0 Å². The summed E-state index contributed by atoms with van der Waals surface area (Å²) in [6, 6.07) is 0. The second-order valence-corrected chi connectivity index (χ2v) is 6.51. The Kier molecular flexibility index (Phi) is 6.92. The first-order chi connectivity index (χ1) is 9.34. The third-order valence-corrected chi connectivity index (χ3v) is 3.82. The molecule has 1 rings (SSSR count). The Labute approximate surface area is 122 Å². The summed E-state index contributed by atoms with van der Waals surface area (Å²) in [5.41, 5.74) is -0.0928. The van der Waals surface area contributed by atoms with Crippen LogP contribution in [-0.2, 0) is 9.53 Å². The monoisotopic (exact) mass is 286 g/mol. The minimum Gasteiger partial charge on any atom is -0.391 e. The van der Waals surface area contributed by atoms with Crippen LogP contribution in [0, 0.1) is 5.41 Å². The van der Waals surface area contributed by atoms with Crippen LogP contribution in [0.4, 0.5) is 0 Å². The van der Waals surface area contributed by atoms with E-state index in [1.54, 1.807) is 0 Å². The molecule has 1 heterocycles. The summed E-state index contributed by atoms with van der Waals surface area (Å²) >= 11 is 0. The van der Waals surface area contributed by atoms with E-state index in [0.29, 0.717) is 26.2 Å². The van der Waals surface area contributed by atoms with Gasteiger partial charge in [-0.15, -0.1) is 0 Å². The SMILES string of the molecule is CCOCCC(=O)N1CCN(C[C@H](O)C(C)(C)C)CC1. The maximum absolute atomic E-state index is 11.9. The van der Waals surface area contributed by atoms with Crippen LogP contribution in [0.1, 0.15) is 34.1 Å². The number of aliphatic hydroxyl groups is 1. The molecule has 1 N–H and O–H groups in total. The van der Waals surface area contributed by atoms with Gasteiger partial charge >= 0.3 is 0 Å². The fourth-order valence-corrected chi connectivity index (χ4v) is 2.16. The van der Waals surface area contributed by atoms with Crippen molar-refractivity contribution in [3.05, 3.63) is 0 Å². The van der Waals surface area contributed by atoms with Crippen LogP contribution in [0.5, 0.6) is 0 Å². The molecule has 0 aliphatic carbocycles. The van der Waals surface area contributed by atoms with E-state index < -0.39 is 0 Å². The normalized spacial score (nSPS) is 19.1. The number of hydrogen-bond acceptors (Lipinski definition) is 4. The first-order valence-electron chi connectivity index (χ1n) is 7.60. The van der Waals surface area contributed by atoms with E-state index in [2.05, 4.69) is 4.90 Å². The Morgan fingerprint density at radius 2 is 1.85 bits per heavy atom. The summed E-state index contributed by atoms with van der Waals surface area (Å²) in [5.74, 6) is 0.175. The van der Waals surface area contributed by atoms with Crippen LogP contribution < -0.4 is 0 Å². The van der Waals surface area contributed by atoms with Crippen molar-refractivity contribution in [1.29, 1.82) is 0 Å². The number of aliphatic hydroxyl groups excluding tert-OH is 1. The molecule has 0 aromatic rings. The van der Waals surface area contributed by atoms with E-state index in [9.17, 15) is 9.90 Å². The third-order valence-electron chi connectivity index (χ3n) is 3.82. The second kappa shape index (κ2) is 7.96. The summed E-state index contributed by atoms with van der Waals surface area (Å²) < 4.78 is 5.22. The lowest BCUT2D eigenvalue weighted by atomic mass is 9.89. The summed E-state index contributed by atoms with van der Waals surface area (Å²) in [7, 11) is 0. The average molecular weight is 286 g/mol. The summed E-state index contributed by atoms with van der Waals surface area (Å²) in [6.07, 6.45) is 0.140. The van der Waals surface area contributed by atoms with Gasteiger partial charge in [0, 0.05) is 39.3 Å². The van der Waals surface area contributed by atoms with E-state index in [1.807, 2.05) is 32.6 Å². The highest BCUT2D eigenvalue weighted by molar-refractivity contribution is 5.76. The van der Waals surface area contributed by atoms with Gasteiger partial charge < -0.3 is 14.7 Å². The van der Waals surface area contributed by atoms with Crippen molar-refractivity contribution in [1.82, 2.24) is 9.80 Å². The number of hydrogen-bond donors (Lipinski definition) is 1. The topological polar surface area (TPSA) is 53.0 Å². The quantitative estimate of drug-likeness (QED) is 0.739. The van der Waals surface area contributed by atoms with Gasteiger partial charge in [0.05, 0.1) is 19.1 Å². The Balaban J connectivity index is 2.27. The summed E-state index contributed by atoms with van der Waals surface area (Å²) in [4.78, 5) is 16.1. The zero-order valence-electron chi connectivity index (χ0n) is 13.4. The van der Waals surface area contributed by atoms with Gasteiger partial charge in [0.1, 0.15) is 0 Å². The highest BCUT2D eigenvalue weighted by Gasteiger charge is 2.27. The molecule has 1 aliphatic heterocycles. The number of nitrogens with zero attached hydrogens (tertiary/aromatic N) is 2.